The van der Waals surface area contributed by atoms with Crippen molar-refractivity contribution < 1.29 is 18.7 Å². The molecule has 0 radical (unpaired) electrons. The number of anilines is 2. The van der Waals surface area contributed by atoms with E-state index in [1.165, 1.54) is 43.5 Å². The van der Waals surface area contributed by atoms with Crippen LogP contribution >= 0.6 is 0 Å². The number of carbonyl (C=O) groups is 2. The third kappa shape index (κ3) is 4.35. The summed E-state index contributed by atoms with van der Waals surface area (Å²) in [5.74, 6) is -0.749. The van der Waals surface area contributed by atoms with E-state index < -0.39 is 11.7 Å². The Morgan fingerprint density at radius 1 is 0.821 bits per heavy atom. The van der Waals surface area contributed by atoms with Crippen LogP contribution < -0.4 is 15.4 Å². The molecule has 0 aliphatic heterocycles. The minimum atomic E-state index is -0.515. The Labute approximate surface area is 162 Å². The van der Waals surface area contributed by atoms with Gasteiger partial charge in [0, 0.05) is 11.1 Å². The van der Waals surface area contributed by atoms with Gasteiger partial charge in [0.15, 0.2) is 0 Å². The molecule has 0 saturated carbocycles. The summed E-state index contributed by atoms with van der Waals surface area (Å²) in [7, 11) is 1.53. The third-order valence-corrected chi connectivity index (χ3v) is 4.13. The van der Waals surface area contributed by atoms with Gasteiger partial charge in [-0.05, 0) is 61.0 Å². The van der Waals surface area contributed by atoms with E-state index in [-0.39, 0.29) is 11.6 Å². The molecular weight excluding hydrogens is 359 g/mol. The highest BCUT2D eigenvalue weighted by atomic mass is 19.1. The zero-order chi connectivity index (χ0) is 20.1. The van der Waals surface area contributed by atoms with Crippen molar-refractivity contribution in [1.29, 1.82) is 0 Å². The van der Waals surface area contributed by atoms with Gasteiger partial charge >= 0.3 is 0 Å². The molecule has 0 aliphatic rings. The number of hydrogen-bond donors (Lipinski definition) is 2. The molecule has 0 fully saturated rings. The average Bonchev–Trinajstić information content (AvgIpc) is 2.70. The van der Waals surface area contributed by atoms with E-state index in [2.05, 4.69) is 10.6 Å². The summed E-state index contributed by atoms with van der Waals surface area (Å²) in [6.45, 7) is 1.91. The van der Waals surface area contributed by atoms with Crippen LogP contribution in [0.5, 0.6) is 5.75 Å². The van der Waals surface area contributed by atoms with Gasteiger partial charge in [0.05, 0.1) is 18.5 Å². The average molecular weight is 378 g/mol. The summed E-state index contributed by atoms with van der Waals surface area (Å²) in [5.41, 5.74) is 2.34. The molecule has 3 rings (SSSR count). The summed E-state index contributed by atoms with van der Waals surface area (Å²) in [5, 5.41) is 5.31. The molecule has 0 aromatic heterocycles. The second kappa shape index (κ2) is 8.35. The maximum absolute atomic E-state index is 13.7. The lowest BCUT2D eigenvalue weighted by Gasteiger charge is -2.11. The first-order valence-electron chi connectivity index (χ1n) is 8.60. The molecule has 0 unspecified atom stereocenters. The van der Waals surface area contributed by atoms with Gasteiger partial charge in [0.25, 0.3) is 11.8 Å². The number of hydrogen-bond acceptors (Lipinski definition) is 3. The van der Waals surface area contributed by atoms with Gasteiger partial charge in [0.1, 0.15) is 11.6 Å². The second-order valence-corrected chi connectivity index (χ2v) is 6.17. The Balaban J connectivity index is 1.72. The summed E-state index contributed by atoms with van der Waals surface area (Å²) >= 11 is 0. The number of aryl methyl sites for hydroxylation is 1. The predicted octanol–water partition coefficient (Wildman–Crippen LogP) is 4.65. The fourth-order valence-electron chi connectivity index (χ4n) is 2.64. The van der Waals surface area contributed by atoms with Crippen molar-refractivity contribution in [2.24, 2.45) is 0 Å². The van der Waals surface area contributed by atoms with Crippen molar-refractivity contribution in [1.82, 2.24) is 0 Å². The summed E-state index contributed by atoms with van der Waals surface area (Å²) in [4.78, 5) is 24.8. The van der Waals surface area contributed by atoms with Crippen LogP contribution in [0, 0.1) is 12.7 Å². The minimum Gasteiger partial charge on any atom is -0.495 e. The van der Waals surface area contributed by atoms with Crippen molar-refractivity contribution in [2.75, 3.05) is 17.7 Å². The number of rotatable bonds is 5. The van der Waals surface area contributed by atoms with E-state index in [0.29, 0.717) is 22.6 Å². The van der Waals surface area contributed by atoms with Gasteiger partial charge in [-0.3, -0.25) is 9.59 Å². The third-order valence-electron chi connectivity index (χ3n) is 4.13. The van der Waals surface area contributed by atoms with Crippen molar-refractivity contribution in [2.45, 2.75) is 6.92 Å². The van der Waals surface area contributed by atoms with E-state index in [1.54, 1.807) is 18.2 Å². The Morgan fingerprint density at radius 2 is 1.39 bits per heavy atom. The van der Waals surface area contributed by atoms with Crippen LogP contribution in [-0.2, 0) is 0 Å². The molecular formula is C22H19FN2O3. The maximum Gasteiger partial charge on any atom is 0.255 e. The lowest BCUT2D eigenvalue weighted by molar-refractivity contribution is 0.101. The van der Waals surface area contributed by atoms with E-state index in [1.807, 2.05) is 19.1 Å². The number of nitrogens with one attached hydrogen (secondary N) is 2. The SMILES string of the molecule is COc1ccc(C)cc1NC(=O)c1ccc(C(=O)Nc2ccccc2F)cc1. The van der Waals surface area contributed by atoms with Gasteiger partial charge in [-0.15, -0.1) is 0 Å². The first kappa shape index (κ1) is 19.1. The van der Waals surface area contributed by atoms with Gasteiger partial charge in [-0.1, -0.05) is 18.2 Å². The van der Waals surface area contributed by atoms with E-state index >= 15 is 0 Å². The van der Waals surface area contributed by atoms with E-state index in [4.69, 9.17) is 4.74 Å². The van der Waals surface area contributed by atoms with Crippen LogP contribution in [0.15, 0.2) is 66.7 Å². The van der Waals surface area contributed by atoms with Crippen LogP contribution in [-0.4, -0.2) is 18.9 Å². The zero-order valence-electron chi connectivity index (χ0n) is 15.5. The smallest absolute Gasteiger partial charge is 0.255 e. The predicted molar refractivity (Wildman–Crippen MR) is 106 cm³/mol. The van der Waals surface area contributed by atoms with Crippen molar-refractivity contribution in [3.05, 3.63) is 89.2 Å². The largest absolute Gasteiger partial charge is 0.495 e. The fraction of sp³-hybridized carbons (Fsp3) is 0.0909. The molecule has 28 heavy (non-hydrogen) atoms. The van der Waals surface area contributed by atoms with Gasteiger partial charge in [0.2, 0.25) is 0 Å². The zero-order valence-corrected chi connectivity index (χ0v) is 15.5. The molecule has 0 bridgehead atoms. The highest BCUT2D eigenvalue weighted by molar-refractivity contribution is 6.07. The molecule has 6 heteroatoms. The Bertz CT molecular complexity index is 1020. The van der Waals surface area contributed by atoms with Crippen LogP contribution in [0.3, 0.4) is 0 Å². The summed E-state index contributed by atoms with van der Waals surface area (Å²) < 4.78 is 18.9. The topological polar surface area (TPSA) is 67.4 Å². The van der Waals surface area contributed by atoms with Crippen LogP contribution in [0.1, 0.15) is 26.3 Å². The summed E-state index contributed by atoms with van der Waals surface area (Å²) in [6, 6.07) is 17.5. The molecule has 2 amide bonds. The fourth-order valence-corrected chi connectivity index (χ4v) is 2.64. The highest BCUT2D eigenvalue weighted by Crippen LogP contribution is 2.25. The van der Waals surface area contributed by atoms with Crippen LogP contribution in [0.25, 0.3) is 0 Å². The van der Waals surface area contributed by atoms with Gasteiger partial charge in [-0.25, -0.2) is 4.39 Å². The minimum absolute atomic E-state index is 0.0980. The monoisotopic (exact) mass is 378 g/mol. The number of amides is 2. The Kier molecular flexibility index (Phi) is 5.69. The second-order valence-electron chi connectivity index (χ2n) is 6.17. The molecule has 142 valence electrons. The molecule has 3 aromatic rings. The first-order chi connectivity index (χ1) is 13.5. The molecule has 0 spiro atoms. The standard InChI is InChI=1S/C22H19FN2O3/c1-14-7-12-20(28-2)19(13-14)25-22(27)16-10-8-15(9-11-16)21(26)24-18-6-4-3-5-17(18)23/h3-13H,1-2H3,(H,24,26)(H,25,27). The van der Waals surface area contributed by atoms with Crippen LogP contribution in [0.2, 0.25) is 0 Å². The molecule has 3 aromatic carbocycles. The number of para-hydroxylation sites is 1. The maximum atomic E-state index is 13.7. The van der Waals surface area contributed by atoms with Crippen LogP contribution in [0.4, 0.5) is 15.8 Å². The normalized spacial score (nSPS) is 10.2. The highest BCUT2D eigenvalue weighted by Gasteiger charge is 2.13. The lowest BCUT2D eigenvalue weighted by atomic mass is 10.1. The molecule has 0 saturated heterocycles. The van der Waals surface area contributed by atoms with E-state index in [9.17, 15) is 14.0 Å². The Morgan fingerprint density at radius 3 is 1.96 bits per heavy atom. The number of benzene rings is 3. The molecule has 0 aliphatic carbocycles. The Hall–Kier alpha value is -3.67. The molecule has 2 N–H and O–H groups in total. The number of halogens is 1. The van der Waals surface area contributed by atoms with Crippen molar-refractivity contribution in [3.63, 3.8) is 0 Å². The molecule has 0 heterocycles. The molecule has 5 nitrogen and oxygen atoms in total. The number of ether oxygens (including phenoxy) is 1. The van der Waals surface area contributed by atoms with Crippen molar-refractivity contribution in [3.8, 4) is 5.75 Å². The van der Waals surface area contributed by atoms with Crippen molar-refractivity contribution >= 4 is 23.2 Å². The van der Waals surface area contributed by atoms with Gasteiger partial charge in [-0.2, -0.15) is 0 Å². The molecule has 0 atom stereocenters. The van der Waals surface area contributed by atoms with E-state index in [0.717, 1.165) is 5.56 Å². The number of carbonyl (C=O) groups excluding carboxylic acids is 2. The van der Waals surface area contributed by atoms with Gasteiger partial charge < -0.3 is 15.4 Å². The first-order valence-corrected chi connectivity index (χ1v) is 8.60. The lowest BCUT2D eigenvalue weighted by Crippen LogP contribution is -2.15. The number of methoxy groups -OCH3 is 1. The summed E-state index contributed by atoms with van der Waals surface area (Å²) in [6.07, 6.45) is 0. The quantitative estimate of drug-likeness (QED) is 0.679.